The molecule has 2 aromatic carbocycles. The molecule has 34 heavy (non-hydrogen) atoms. The van der Waals surface area contributed by atoms with Crippen LogP contribution in [0.4, 0.5) is 11.4 Å². The summed E-state index contributed by atoms with van der Waals surface area (Å²) in [5.74, 6) is 0.900. The highest BCUT2D eigenvalue weighted by Crippen LogP contribution is 2.44. The molecule has 1 aromatic heterocycles. The van der Waals surface area contributed by atoms with Gasteiger partial charge >= 0.3 is 11.3 Å². The van der Waals surface area contributed by atoms with Crippen LogP contribution in [0.25, 0.3) is 11.3 Å². The number of thioether (sulfide) groups is 1. The number of fused-ring (bicyclic) bond motifs is 4. The maximum Gasteiger partial charge on any atom is 0.325 e. The minimum absolute atomic E-state index is 0.0701. The van der Waals surface area contributed by atoms with Gasteiger partial charge in [0, 0.05) is 23.8 Å². The van der Waals surface area contributed by atoms with E-state index < -0.39 is 16.6 Å². The number of para-hydroxylation sites is 1. The van der Waals surface area contributed by atoms with Gasteiger partial charge in [-0.25, -0.2) is 4.90 Å². The Morgan fingerprint density at radius 3 is 2.76 bits per heavy atom. The van der Waals surface area contributed by atoms with E-state index in [2.05, 4.69) is 10.1 Å². The lowest BCUT2D eigenvalue weighted by Crippen LogP contribution is -2.60. The number of ether oxygens (including phenoxy) is 2. The molecule has 0 saturated carbocycles. The molecule has 1 atom stereocenters. The molecule has 11 nitrogen and oxygen atoms in total. The highest BCUT2D eigenvalue weighted by atomic mass is 32.2. The van der Waals surface area contributed by atoms with Gasteiger partial charge in [0.2, 0.25) is 17.9 Å². The van der Waals surface area contributed by atoms with Crippen molar-refractivity contribution in [1.82, 2.24) is 10.1 Å². The topological polar surface area (TPSA) is 132 Å². The summed E-state index contributed by atoms with van der Waals surface area (Å²) in [6.45, 7) is 3.30. The summed E-state index contributed by atoms with van der Waals surface area (Å²) >= 11 is 1.36. The quantitative estimate of drug-likeness (QED) is 0.254. The maximum atomic E-state index is 13.3. The number of nitro groups is 1. The van der Waals surface area contributed by atoms with Crippen LogP contribution in [0, 0.1) is 10.1 Å². The van der Waals surface area contributed by atoms with Crippen LogP contribution in [-0.2, 0) is 4.79 Å². The van der Waals surface area contributed by atoms with Crippen molar-refractivity contribution >= 4 is 29.0 Å². The summed E-state index contributed by atoms with van der Waals surface area (Å²) in [6.07, 6.45) is -0.240. The molecule has 0 spiro atoms. The van der Waals surface area contributed by atoms with Crippen LogP contribution >= 0.6 is 11.8 Å². The number of aromatic amines is 1. The molecule has 12 heteroatoms. The summed E-state index contributed by atoms with van der Waals surface area (Å²) in [5, 5.41) is 17.1. The Hall–Kier alpha value is -3.93. The van der Waals surface area contributed by atoms with E-state index >= 15 is 0 Å². The number of aromatic nitrogens is 3. The van der Waals surface area contributed by atoms with E-state index in [1.54, 1.807) is 24.3 Å². The number of hydrogen-bond donors (Lipinski definition) is 1. The summed E-state index contributed by atoms with van der Waals surface area (Å²) in [6, 6.07) is 9.67. The third kappa shape index (κ3) is 3.46. The Bertz CT molecular complexity index is 1390. The lowest BCUT2D eigenvalue weighted by Gasteiger charge is -2.31. The van der Waals surface area contributed by atoms with Crippen LogP contribution in [0.5, 0.6) is 11.5 Å². The van der Waals surface area contributed by atoms with Crippen molar-refractivity contribution in [2.75, 3.05) is 17.4 Å². The standard InChI is InChI=1S/C22H19N5O6S/c1-3-8-34-22-23-20(29)19-13-6-4-5-7-15(13)25(12(2)28)21(26(19)24-22)14-9-17-18(33-11-32-17)10-16(14)27(30)31/h4-7,9-10,21H,3,8,11H2,1-2H3/p+1/t21-/m0/s1. The minimum Gasteiger partial charge on any atom is -0.454 e. The van der Waals surface area contributed by atoms with Gasteiger partial charge in [-0.15, -0.1) is 0 Å². The highest BCUT2D eigenvalue weighted by molar-refractivity contribution is 7.99. The molecule has 0 fully saturated rings. The van der Waals surface area contributed by atoms with E-state index in [0.29, 0.717) is 27.9 Å². The number of carbonyl (C=O) groups excluding carboxylic acids is 1. The lowest BCUT2D eigenvalue weighted by molar-refractivity contribution is -0.763. The average Bonchev–Trinajstić information content (AvgIpc) is 3.28. The molecule has 3 aromatic rings. The van der Waals surface area contributed by atoms with E-state index in [-0.39, 0.29) is 35.4 Å². The number of nitrogens with one attached hydrogen (secondary N) is 1. The first-order valence-corrected chi connectivity index (χ1v) is 11.5. The van der Waals surface area contributed by atoms with Crippen molar-refractivity contribution in [2.45, 2.75) is 31.6 Å². The fourth-order valence-electron chi connectivity index (χ4n) is 4.17. The van der Waals surface area contributed by atoms with Crippen LogP contribution in [0.1, 0.15) is 32.0 Å². The third-order valence-corrected chi connectivity index (χ3v) is 6.61. The van der Waals surface area contributed by atoms with Crippen molar-refractivity contribution in [3.63, 3.8) is 0 Å². The van der Waals surface area contributed by atoms with Gasteiger partial charge in [-0.05, 0) is 23.2 Å². The predicted octanol–water partition coefficient (Wildman–Crippen LogP) is 2.78. The van der Waals surface area contributed by atoms with Gasteiger partial charge in [0.1, 0.15) is 5.56 Å². The van der Waals surface area contributed by atoms with E-state index in [0.717, 1.165) is 6.42 Å². The molecular formula is C22H20N5O6S+. The summed E-state index contributed by atoms with van der Waals surface area (Å²) in [4.78, 5) is 42.0. The van der Waals surface area contributed by atoms with Crippen LogP contribution in [0.2, 0.25) is 0 Å². The smallest absolute Gasteiger partial charge is 0.325 e. The van der Waals surface area contributed by atoms with Gasteiger partial charge in [0.05, 0.1) is 22.2 Å². The molecule has 0 radical (unpaired) electrons. The van der Waals surface area contributed by atoms with E-state index in [1.807, 2.05) is 6.92 Å². The molecule has 5 rings (SSSR count). The second kappa shape index (κ2) is 8.45. The largest absolute Gasteiger partial charge is 0.454 e. The normalized spacial score (nSPS) is 15.6. The van der Waals surface area contributed by atoms with Crippen LogP contribution < -0.4 is 24.6 Å². The summed E-state index contributed by atoms with van der Waals surface area (Å²) in [7, 11) is 0. The number of hydrogen-bond acceptors (Lipinski definition) is 8. The SMILES string of the molecule is CCCSc1n[n+]2c(c(=O)[nH]1)-c1ccccc1N(C(C)=O)[C@@H]2c1cc2c(cc1[N+](=O)[O-])OCO2. The zero-order valence-electron chi connectivity index (χ0n) is 18.3. The fraction of sp³-hybridized carbons (Fsp3) is 0.273. The molecule has 1 N–H and O–H groups in total. The molecule has 0 bridgehead atoms. The van der Waals surface area contributed by atoms with Gasteiger partial charge in [0.15, 0.2) is 11.5 Å². The number of carbonyl (C=O) groups is 1. The van der Waals surface area contributed by atoms with Gasteiger partial charge in [-0.1, -0.05) is 30.8 Å². The fourth-order valence-corrected chi connectivity index (χ4v) is 4.88. The van der Waals surface area contributed by atoms with Crippen molar-refractivity contribution < 1.29 is 23.9 Å². The first-order valence-electron chi connectivity index (χ1n) is 10.6. The van der Waals surface area contributed by atoms with E-state index in [4.69, 9.17) is 9.47 Å². The first-order chi connectivity index (χ1) is 16.4. The van der Waals surface area contributed by atoms with Gasteiger partial charge in [-0.2, -0.15) is 0 Å². The van der Waals surface area contributed by atoms with Gasteiger partial charge in [0.25, 0.3) is 11.9 Å². The number of rotatable bonds is 5. The first kappa shape index (κ1) is 21.9. The van der Waals surface area contributed by atoms with Crippen LogP contribution in [0.15, 0.2) is 46.3 Å². The second-order valence-electron chi connectivity index (χ2n) is 7.70. The zero-order valence-corrected chi connectivity index (χ0v) is 19.1. The zero-order chi connectivity index (χ0) is 24.0. The maximum absolute atomic E-state index is 13.3. The van der Waals surface area contributed by atoms with Crippen LogP contribution in [-0.4, -0.2) is 33.5 Å². The van der Waals surface area contributed by atoms with E-state index in [9.17, 15) is 19.7 Å². The Labute approximate surface area is 197 Å². The second-order valence-corrected chi connectivity index (χ2v) is 8.79. The molecule has 0 saturated heterocycles. The Morgan fingerprint density at radius 1 is 1.32 bits per heavy atom. The minimum atomic E-state index is -1.10. The van der Waals surface area contributed by atoms with Crippen molar-refractivity contribution in [1.29, 1.82) is 0 Å². The number of benzene rings is 2. The average molecular weight is 482 g/mol. The number of H-pyrrole nitrogens is 1. The third-order valence-electron chi connectivity index (χ3n) is 5.54. The van der Waals surface area contributed by atoms with Gasteiger partial charge < -0.3 is 9.47 Å². The molecular weight excluding hydrogens is 462 g/mol. The summed E-state index contributed by atoms with van der Waals surface area (Å²) in [5.41, 5.74) is 0.618. The Morgan fingerprint density at radius 2 is 2.06 bits per heavy atom. The number of amides is 1. The highest BCUT2D eigenvalue weighted by Gasteiger charge is 2.48. The predicted molar refractivity (Wildman–Crippen MR) is 122 cm³/mol. The van der Waals surface area contributed by atoms with Crippen molar-refractivity contribution in [3.05, 3.63) is 62.4 Å². The van der Waals surface area contributed by atoms with Crippen molar-refractivity contribution in [2.24, 2.45) is 0 Å². The molecule has 2 aliphatic rings. The van der Waals surface area contributed by atoms with Crippen molar-refractivity contribution in [3.8, 4) is 22.8 Å². The molecule has 0 aliphatic carbocycles. The Balaban J connectivity index is 1.84. The molecule has 0 unspecified atom stereocenters. The Kier molecular flexibility index (Phi) is 5.44. The lowest BCUT2D eigenvalue weighted by atomic mass is 10.00. The molecule has 3 heterocycles. The van der Waals surface area contributed by atoms with Crippen LogP contribution in [0.3, 0.4) is 0 Å². The number of anilines is 1. The monoisotopic (exact) mass is 482 g/mol. The summed E-state index contributed by atoms with van der Waals surface area (Å²) < 4.78 is 12.2. The number of nitro benzene ring substituents is 1. The van der Waals surface area contributed by atoms with E-state index in [1.165, 1.54) is 40.4 Å². The molecule has 2 aliphatic heterocycles. The molecule has 1 amide bonds. The molecule has 174 valence electrons. The number of nitrogens with zero attached hydrogens (tertiary/aromatic N) is 4. The van der Waals surface area contributed by atoms with Gasteiger partial charge in [-0.3, -0.25) is 24.7 Å².